The van der Waals surface area contributed by atoms with Crippen LogP contribution in [0.1, 0.15) is 45.4 Å². The Bertz CT molecular complexity index is 281. The van der Waals surface area contributed by atoms with Crippen LogP contribution in [-0.2, 0) is 14.3 Å². The minimum Gasteiger partial charge on any atom is -0.466 e. The molecule has 0 spiro atoms. The van der Waals surface area contributed by atoms with Crippen molar-refractivity contribution in [3.63, 3.8) is 0 Å². The lowest BCUT2D eigenvalue weighted by Gasteiger charge is -2.27. The van der Waals surface area contributed by atoms with E-state index in [9.17, 15) is 9.59 Å². The third-order valence-electron chi connectivity index (χ3n) is 3.37. The van der Waals surface area contributed by atoms with Gasteiger partial charge in [0.05, 0.1) is 13.0 Å². The molecule has 1 fully saturated rings. The first-order chi connectivity index (χ1) is 8.63. The zero-order chi connectivity index (χ0) is 13.4. The van der Waals surface area contributed by atoms with Crippen molar-refractivity contribution < 1.29 is 14.3 Å². The van der Waals surface area contributed by atoms with E-state index in [-0.39, 0.29) is 24.3 Å². The van der Waals surface area contributed by atoms with Crippen LogP contribution in [0.3, 0.4) is 0 Å². The number of hydrogen-bond acceptors (Lipinski definition) is 4. The van der Waals surface area contributed by atoms with Gasteiger partial charge in [0.15, 0.2) is 0 Å². The molecule has 104 valence electrons. The van der Waals surface area contributed by atoms with Crippen LogP contribution in [0, 0.1) is 5.92 Å². The van der Waals surface area contributed by atoms with E-state index in [0.717, 1.165) is 19.3 Å². The van der Waals surface area contributed by atoms with E-state index >= 15 is 0 Å². The van der Waals surface area contributed by atoms with Crippen molar-refractivity contribution >= 4 is 11.9 Å². The number of hydrogen-bond donors (Lipinski definition) is 2. The quantitative estimate of drug-likeness (QED) is 0.694. The minimum absolute atomic E-state index is 0.0124. The molecule has 0 aromatic carbocycles. The number of carbonyl (C=O) groups excluding carboxylic acids is 2. The van der Waals surface area contributed by atoms with Crippen LogP contribution in [0.4, 0.5) is 0 Å². The number of carbonyl (C=O) groups is 2. The van der Waals surface area contributed by atoms with Crippen molar-refractivity contribution in [2.75, 3.05) is 13.2 Å². The molecular weight excluding hydrogens is 232 g/mol. The first kappa shape index (κ1) is 15.0. The van der Waals surface area contributed by atoms with Crippen LogP contribution in [-0.4, -0.2) is 31.1 Å². The molecule has 5 heteroatoms. The van der Waals surface area contributed by atoms with Gasteiger partial charge in [-0.3, -0.25) is 9.59 Å². The first-order valence-electron chi connectivity index (χ1n) is 6.81. The van der Waals surface area contributed by atoms with Gasteiger partial charge >= 0.3 is 5.97 Å². The van der Waals surface area contributed by atoms with Gasteiger partial charge in [-0.15, -0.1) is 0 Å². The van der Waals surface area contributed by atoms with E-state index in [1.54, 1.807) is 6.92 Å². The standard InChI is InChI=1S/C13H24N2O3/c1-2-18-13(17)7-8-15-12(16)9-10-5-3-4-6-11(10)14/h10-11H,2-9,14H2,1H3,(H,15,16). The lowest BCUT2D eigenvalue weighted by atomic mass is 9.83. The Kier molecular flexibility index (Phi) is 6.72. The summed E-state index contributed by atoms with van der Waals surface area (Å²) in [6.45, 7) is 2.49. The maximum atomic E-state index is 11.7. The molecule has 1 aliphatic rings. The number of amides is 1. The molecule has 5 nitrogen and oxygen atoms in total. The van der Waals surface area contributed by atoms with Gasteiger partial charge in [-0.1, -0.05) is 12.8 Å². The molecule has 1 rings (SSSR count). The number of nitrogens with two attached hydrogens (primary N) is 1. The van der Waals surface area contributed by atoms with Gasteiger partial charge in [-0.25, -0.2) is 0 Å². The Balaban J connectivity index is 2.15. The van der Waals surface area contributed by atoms with Crippen LogP contribution in [0.2, 0.25) is 0 Å². The van der Waals surface area contributed by atoms with Crippen molar-refractivity contribution in [2.45, 2.75) is 51.5 Å². The average molecular weight is 256 g/mol. The molecule has 18 heavy (non-hydrogen) atoms. The highest BCUT2D eigenvalue weighted by Gasteiger charge is 2.23. The molecule has 0 aromatic heterocycles. The molecular formula is C13H24N2O3. The van der Waals surface area contributed by atoms with Gasteiger partial charge in [0.25, 0.3) is 0 Å². The molecule has 0 radical (unpaired) electrons. The highest BCUT2D eigenvalue weighted by atomic mass is 16.5. The Morgan fingerprint density at radius 3 is 2.72 bits per heavy atom. The second-order valence-electron chi connectivity index (χ2n) is 4.82. The van der Waals surface area contributed by atoms with E-state index in [0.29, 0.717) is 25.5 Å². The Morgan fingerprint density at radius 2 is 2.06 bits per heavy atom. The lowest BCUT2D eigenvalue weighted by Crippen LogP contribution is -2.37. The predicted molar refractivity (Wildman–Crippen MR) is 68.8 cm³/mol. The van der Waals surface area contributed by atoms with Crippen LogP contribution in [0.25, 0.3) is 0 Å². The Hall–Kier alpha value is -1.10. The summed E-state index contributed by atoms with van der Waals surface area (Å²) in [5, 5.41) is 2.74. The predicted octanol–water partition coefficient (Wildman–Crippen LogP) is 0.963. The maximum absolute atomic E-state index is 11.7. The van der Waals surface area contributed by atoms with E-state index < -0.39 is 0 Å². The second-order valence-corrected chi connectivity index (χ2v) is 4.82. The molecule has 1 aliphatic carbocycles. The number of esters is 1. The molecule has 0 aromatic rings. The molecule has 0 bridgehead atoms. The smallest absolute Gasteiger partial charge is 0.307 e. The number of nitrogens with one attached hydrogen (secondary N) is 1. The number of rotatable bonds is 6. The summed E-state index contributed by atoms with van der Waals surface area (Å²) < 4.78 is 4.78. The molecule has 0 aliphatic heterocycles. The summed E-state index contributed by atoms with van der Waals surface area (Å²) in [5.41, 5.74) is 5.99. The molecule has 1 amide bonds. The Labute approximate surface area is 108 Å². The van der Waals surface area contributed by atoms with E-state index in [1.165, 1.54) is 6.42 Å². The third kappa shape index (κ3) is 5.49. The molecule has 2 atom stereocenters. The molecule has 3 N–H and O–H groups in total. The fourth-order valence-electron chi connectivity index (χ4n) is 2.34. The van der Waals surface area contributed by atoms with Crippen molar-refractivity contribution in [3.05, 3.63) is 0 Å². The first-order valence-corrected chi connectivity index (χ1v) is 6.81. The fraction of sp³-hybridized carbons (Fsp3) is 0.846. The summed E-state index contributed by atoms with van der Waals surface area (Å²) in [7, 11) is 0. The zero-order valence-electron chi connectivity index (χ0n) is 11.1. The zero-order valence-corrected chi connectivity index (χ0v) is 11.1. The van der Waals surface area contributed by atoms with Gasteiger partial charge in [0.1, 0.15) is 0 Å². The molecule has 0 saturated heterocycles. The Morgan fingerprint density at radius 1 is 1.33 bits per heavy atom. The summed E-state index contributed by atoms with van der Waals surface area (Å²) >= 11 is 0. The number of ether oxygens (including phenoxy) is 1. The van der Waals surface area contributed by atoms with Crippen LogP contribution < -0.4 is 11.1 Å². The second kappa shape index (κ2) is 8.08. The topological polar surface area (TPSA) is 81.4 Å². The van der Waals surface area contributed by atoms with Crippen molar-refractivity contribution in [1.29, 1.82) is 0 Å². The van der Waals surface area contributed by atoms with Crippen LogP contribution >= 0.6 is 0 Å². The van der Waals surface area contributed by atoms with Crippen LogP contribution in [0.15, 0.2) is 0 Å². The summed E-state index contributed by atoms with van der Waals surface area (Å²) in [6.07, 6.45) is 5.09. The average Bonchev–Trinajstić information content (AvgIpc) is 2.32. The molecule has 2 unspecified atom stereocenters. The van der Waals surface area contributed by atoms with Crippen molar-refractivity contribution in [1.82, 2.24) is 5.32 Å². The van der Waals surface area contributed by atoms with E-state index in [2.05, 4.69) is 5.32 Å². The van der Waals surface area contributed by atoms with Crippen LogP contribution in [0.5, 0.6) is 0 Å². The lowest BCUT2D eigenvalue weighted by molar-refractivity contribution is -0.143. The van der Waals surface area contributed by atoms with E-state index in [4.69, 9.17) is 10.5 Å². The van der Waals surface area contributed by atoms with Gasteiger partial charge in [0.2, 0.25) is 5.91 Å². The highest BCUT2D eigenvalue weighted by molar-refractivity contribution is 5.77. The van der Waals surface area contributed by atoms with Gasteiger partial charge < -0.3 is 15.8 Å². The normalized spacial score (nSPS) is 23.4. The summed E-state index contributed by atoms with van der Waals surface area (Å²) in [4.78, 5) is 22.8. The van der Waals surface area contributed by atoms with Gasteiger partial charge in [-0.2, -0.15) is 0 Å². The highest BCUT2D eigenvalue weighted by Crippen LogP contribution is 2.25. The molecule has 0 heterocycles. The fourth-order valence-corrected chi connectivity index (χ4v) is 2.34. The maximum Gasteiger partial charge on any atom is 0.307 e. The van der Waals surface area contributed by atoms with E-state index in [1.807, 2.05) is 0 Å². The van der Waals surface area contributed by atoms with Gasteiger partial charge in [-0.05, 0) is 25.7 Å². The SMILES string of the molecule is CCOC(=O)CCNC(=O)CC1CCCCC1N. The third-order valence-corrected chi connectivity index (χ3v) is 3.37. The summed E-state index contributed by atoms with van der Waals surface area (Å²) in [5.74, 6) is 0.00941. The minimum atomic E-state index is -0.271. The molecule has 1 saturated carbocycles. The largest absolute Gasteiger partial charge is 0.466 e. The summed E-state index contributed by atoms with van der Waals surface area (Å²) in [6, 6.07) is 0.148. The van der Waals surface area contributed by atoms with Gasteiger partial charge in [0, 0.05) is 19.0 Å². The van der Waals surface area contributed by atoms with Crippen molar-refractivity contribution in [2.24, 2.45) is 11.7 Å². The van der Waals surface area contributed by atoms with Crippen molar-refractivity contribution in [3.8, 4) is 0 Å². The monoisotopic (exact) mass is 256 g/mol.